The van der Waals surface area contributed by atoms with Gasteiger partial charge in [-0.2, -0.15) is 5.10 Å². The topological polar surface area (TPSA) is 86.9 Å². The first kappa shape index (κ1) is 15.6. The van der Waals surface area contributed by atoms with Gasteiger partial charge in [0.25, 0.3) is 17.2 Å². The van der Waals surface area contributed by atoms with E-state index in [1.165, 1.54) is 10.7 Å². The smallest absolute Gasteiger partial charge is 0.268 e. The minimum absolute atomic E-state index is 0.0276. The van der Waals surface area contributed by atoms with Crippen LogP contribution in [0.3, 0.4) is 0 Å². The molecule has 0 aliphatic carbocycles. The molecule has 9 heteroatoms. The Balaban J connectivity index is 2.09. The number of hydrogen-bond acceptors (Lipinski definition) is 4. The predicted molar refractivity (Wildman–Crippen MR) is 84.0 cm³/mol. The van der Waals surface area contributed by atoms with E-state index < -0.39 is 23.0 Å². The minimum Gasteiger partial charge on any atom is -0.363 e. The highest BCUT2D eigenvalue weighted by molar-refractivity contribution is 7.77. The summed E-state index contributed by atoms with van der Waals surface area (Å²) in [5, 5.41) is 3.91. The van der Waals surface area contributed by atoms with Gasteiger partial charge in [0.05, 0.1) is 17.4 Å². The lowest BCUT2D eigenvalue weighted by molar-refractivity contribution is 0.0982. The molecule has 2 N–H and O–H groups in total. The number of fused-ring (bicyclic) bond motifs is 1. The second-order valence-corrected chi connectivity index (χ2v) is 5.89. The van der Waals surface area contributed by atoms with Crippen molar-refractivity contribution in [2.24, 2.45) is 0 Å². The van der Waals surface area contributed by atoms with Crippen molar-refractivity contribution < 1.29 is 17.9 Å². The van der Waals surface area contributed by atoms with Crippen LogP contribution in [0.5, 0.6) is 0 Å². The van der Waals surface area contributed by atoms with E-state index in [0.29, 0.717) is 12.2 Å². The van der Waals surface area contributed by atoms with Gasteiger partial charge >= 0.3 is 0 Å². The van der Waals surface area contributed by atoms with Crippen molar-refractivity contribution in [2.45, 2.75) is 18.9 Å². The number of hydrogen-bond donors (Lipinski definition) is 2. The van der Waals surface area contributed by atoms with Crippen molar-refractivity contribution in [3.8, 4) is 0 Å². The Bertz CT molecular complexity index is 807. The van der Waals surface area contributed by atoms with Gasteiger partial charge in [-0.1, -0.05) is 6.08 Å². The molecule has 0 aromatic carbocycles. The first-order valence-corrected chi connectivity index (χ1v) is 8.10. The van der Waals surface area contributed by atoms with Crippen molar-refractivity contribution in [1.29, 1.82) is 0 Å². The third-order valence-corrected chi connectivity index (χ3v) is 4.27. The standard InChI is InChI=1S/C14H15FN4O3S/c1-2-9-4-3-6-18(9)11-5-7-19-13(12(11)15)10(8-16-19)14(20)17-23(21)22/h2,5,7-9H,1,3-4,6H2,(H,17,20)(H,21,22). The molecule has 1 saturated heterocycles. The van der Waals surface area contributed by atoms with Crippen LogP contribution in [0.1, 0.15) is 23.2 Å². The average molecular weight is 338 g/mol. The molecule has 2 atom stereocenters. The van der Waals surface area contributed by atoms with Gasteiger partial charge < -0.3 is 4.90 Å². The molecular weight excluding hydrogens is 323 g/mol. The Labute approximate surface area is 134 Å². The fourth-order valence-corrected chi connectivity index (χ4v) is 3.16. The Kier molecular flexibility index (Phi) is 4.14. The van der Waals surface area contributed by atoms with Gasteiger partial charge in [0.1, 0.15) is 5.52 Å². The zero-order chi connectivity index (χ0) is 16.6. The number of nitrogens with one attached hydrogen (secondary N) is 1. The average Bonchev–Trinajstić information content (AvgIpc) is 3.13. The van der Waals surface area contributed by atoms with Crippen LogP contribution in [0.4, 0.5) is 10.1 Å². The molecule has 2 aromatic rings. The van der Waals surface area contributed by atoms with Gasteiger partial charge in [0.15, 0.2) is 5.82 Å². The first-order chi connectivity index (χ1) is 11.0. The lowest BCUT2D eigenvalue weighted by Gasteiger charge is -2.25. The highest BCUT2D eigenvalue weighted by Crippen LogP contribution is 2.31. The lowest BCUT2D eigenvalue weighted by atomic mass is 10.2. The summed E-state index contributed by atoms with van der Waals surface area (Å²) >= 11 is -2.53. The zero-order valence-corrected chi connectivity index (χ0v) is 12.9. The van der Waals surface area contributed by atoms with Gasteiger partial charge in [0.2, 0.25) is 0 Å². The summed E-state index contributed by atoms with van der Waals surface area (Å²) in [6, 6.07) is 1.64. The van der Waals surface area contributed by atoms with Crippen LogP contribution >= 0.6 is 0 Å². The van der Waals surface area contributed by atoms with Crippen LogP contribution in [-0.4, -0.2) is 36.9 Å². The molecule has 3 heterocycles. The molecule has 0 saturated carbocycles. The Hall–Kier alpha value is -2.26. The number of rotatable bonds is 4. The lowest BCUT2D eigenvalue weighted by Crippen LogP contribution is -2.28. The molecule has 3 rings (SSSR count). The molecule has 2 unspecified atom stereocenters. The van der Waals surface area contributed by atoms with Gasteiger partial charge in [-0.3, -0.25) is 9.35 Å². The van der Waals surface area contributed by atoms with E-state index in [1.54, 1.807) is 18.3 Å². The van der Waals surface area contributed by atoms with Crippen molar-refractivity contribution in [3.63, 3.8) is 0 Å². The number of pyridine rings is 1. The highest BCUT2D eigenvalue weighted by Gasteiger charge is 2.27. The van der Waals surface area contributed by atoms with Crippen molar-refractivity contribution in [3.05, 3.63) is 42.5 Å². The second kappa shape index (κ2) is 6.09. The largest absolute Gasteiger partial charge is 0.363 e. The van der Waals surface area contributed by atoms with E-state index in [9.17, 15) is 13.4 Å². The van der Waals surface area contributed by atoms with Crippen LogP contribution in [0.2, 0.25) is 0 Å². The van der Waals surface area contributed by atoms with E-state index in [4.69, 9.17) is 4.55 Å². The Morgan fingerprint density at radius 3 is 3.09 bits per heavy atom. The maximum atomic E-state index is 15.0. The molecule has 0 bridgehead atoms. The Morgan fingerprint density at radius 2 is 2.39 bits per heavy atom. The summed E-state index contributed by atoms with van der Waals surface area (Å²) in [6.07, 6.45) is 6.31. The van der Waals surface area contributed by atoms with Gasteiger partial charge in [-0.05, 0) is 18.9 Å². The Morgan fingerprint density at radius 1 is 1.61 bits per heavy atom. The van der Waals surface area contributed by atoms with Crippen LogP contribution in [-0.2, 0) is 11.3 Å². The minimum atomic E-state index is -2.53. The predicted octanol–water partition coefficient (Wildman–Crippen LogP) is 1.49. The van der Waals surface area contributed by atoms with Gasteiger partial charge in [0, 0.05) is 18.8 Å². The number of amides is 1. The van der Waals surface area contributed by atoms with Crippen LogP contribution in [0, 0.1) is 5.82 Å². The maximum Gasteiger partial charge on any atom is 0.268 e. The number of halogens is 1. The summed E-state index contributed by atoms with van der Waals surface area (Å²) < 4.78 is 37.5. The number of anilines is 1. The SMILES string of the molecule is C=CC1CCCN1c1ccn2ncc(C(=O)NS(=O)O)c2c1F. The monoisotopic (exact) mass is 338 g/mol. The molecule has 1 amide bonds. The van der Waals surface area contributed by atoms with E-state index >= 15 is 0 Å². The fraction of sp³-hybridized carbons (Fsp3) is 0.286. The molecule has 1 aliphatic heterocycles. The normalized spacial score (nSPS) is 19.0. The fourth-order valence-electron chi connectivity index (χ4n) is 2.89. The van der Waals surface area contributed by atoms with Crippen molar-refractivity contribution in [2.75, 3.05) is 11.4 Å². The van der Waals surface area contributed by atoms with E-state index in [2.05, 4.69) is 11.7 Å². The molecular formula is C14H15FN4O3S. The third-order valence-electron chi connectivity index (χ3n) is 3.91. The number of carbonyl (C=O) groups is 1. The van der Waals surface area contributed by atoms with Gasteiger partial charge in [-0.25, -0.2) is 17.8 Å². The van der Waals surface area contributed by atoms with E-state index in [-0.39, 0.29) is 17.1 Å². The van der Waals surface area contributed by atoms with E-state index in [0.717, 1.165) is 12.8 Å². The first-order valence-electron chi connectivity index (χ1n) is 7.00. The number of carbonyl (C=O) groups excluding carboxylic acids is 1. The quantitative estimate of drug-likeness (QED) is 0.652. The summed E-state index contributed by atoms with van der Waals surface area (Å²) in [4.78, 5) is 13.8. The molecule has 0 radical (unpaired) electrons. The number of nitrogens with zero attached hydrogens (tertiary/aromatic N) is 3. The second-order valence-electron chi connectivity index (χ2n) is 5.19. The molecule has 122 valence electrons. The zero-order valence-electron chi connectivity index (χ0n) is 12.1. The molecule has 1 aliphatic rings. The van der Waals surface area contributed by atoms with Gasteiger partial charge in [-0.15, -0.1) is 6.58 Å². The van der Waals surface area contributed by atoms with E-state index in [1.807, 2.05) is 9.62 Å². The molecule has 2 aromatic heterocycles. The summed E-state index contributed by atoms with van der Waals surface area (Å²) in [6.45, 7) is 4.47. The van der Waals surface area contributed by atoms with Crippen LogP contribution < -0.4 is 9.62 Å². The van der Waals surface area contributed by atoms with Crippen LogP contribution in [0.15, 0.2) is 31.1 Å². The molecule has 23 heavy (non-hydrogen) atoms. The summed E-state index contributed by atoms with van der Waals surface area (Å²) in [5.41, 5.74) is 0.237. The molecule has 7 nitrogen and oxygen atoms in total. The highest BCUT2D eigenvalue weighted by atomic mass is 32.2. The van der Waals surface area contributed by atoms with Crippen molar-refractivity contribution >= 4 is 28.4 Å². The third kappa shape index (κ3) is 2.73. The summed E-state index contributed by atoms with van der Waals surface area (Å²) in [5.74, 6) is -1.45. The van der Waals surface area contributed by atoms with Crippen LogP contribution in [0.25, 0.3) is 5.52 Å². The maximum absolute atomic E-state index is 15.0. The number of aromatic nitrogens is 2. The molecule has 0 spiro atoms. The van der Waals surface area contributed by atoms with Crippen molar-refractivity contribution in [1.82, 2.24) is 14.3 Å². The summed E-state index contributed by atoms with van der Waals surface area (Å²) in [7, 11) is 0. The molecule has 1 fully saturated rings.